The van der Waals surface area contributed by atoms with Crippen LogP contribution < -0.4 is 10.1 Å². The number of ether oxygens (including phenoxy) is 1. The van der Waals surface area contributed by atoms with Gasteiger partial charge in [0.1, 0.15) is 5.75 Å². The van der Waals surface area contributed by atoms with E-state index < -0.39 is 10.0 Å². The van der Waals surface area contributed by atoms with Crippen molar-refractivity contribution in [2.24, 2.45) is 0 Å². The van der Waals surface area contributed by atoms with E-state index in [0.717, 1.165) is 6.54 Å². The summed E-state index contributed by atoms with van der Waals surface area (Å²) < 4.78 is 31.8. The summed E-state index contributed by atoms with van der Waals surface area (Å²) >= 11 is 5.26. The number of nitrogens with zero attached hydrogens (tertiary/aromatic N) is 2. The van der Waals surface area contributed by atoms with Gasteiger partial charge in [0.05, 0.1) is 12.0 Å². The van der Waals surface area contributed by atoms with Gasteiger partial charge in [-0.05, 0) is 43.4 Å². The standard InChI is InChI=1S/C14H21N3O3S2/c1-3-15-14(21)16-8-10-17(11-9-16)22(18,19)13-6-4-12(20-2)5-7-13/h4-7H,3,8-11H2,1-2H3,(H,15,21). The zero-order valence-corrected chi connectivity index (χ0v) is 14.4. The highest BCUT2D eigenvalue weighted by molar-refractivity contribution is 7.89. The van der Waals surface area contributed by atoms with Gasteiger partial charge >= 0.3 is 0 Å². The van der Waals surface area contributed by atoms with Gasteiger partial charge in [-0.2, -0.15) is 4.31 Å². The van der Waals surface area contributed by atoms with Crippen molar-refractivity contribution in [2.45, 2.75) is 11.8 Å². The van der Waals surface area contributed by atoms with Crippen LogP contribution in [0.25, 0.3) is 0 Å². The molecule has 0 aliphatic carbocycles. The smallest absolute Gasteiger partial charge is 0.243 e. The van der Waals surface area contributed by atoms with Crippen LogP contribution >= 0.6 is 12.2 Å². The molecular weight excluding hydrogens is 322 g/mol. The predicted molar refractivity (Wildman–Crippen MR) is 89.6 cm³/mol. The number of nitrogens with one attached hydrogen (secondary N) is 1. The van der Waals surface area contributed by atoms with Gasteiger partial charge < -0.3 is 15.0 Å². The van der Waals surface area contributed by atoms with Gasteiger partial charge in [-0.15, -0.1) is 0 Å². The van der Waals surface area contributed by atoms with Crippen molar-refractivity contribution in [1.82, 2.24) is 14.5 Å². The minimum absolute atomic E-state index is 0.288. The Labute approximate surface area is 137 Å². The minimum atomic E-state index is -3.46. The number of rotatable bonds is 4. The fourth-order valence-electron chi connectivity index (χ4n) is 2.29. The van der Waals surface area contributed by atoms with E-state index in [4.69, 9.17) is 17.0 Å². The van der Waals surface area contributed by atoms with Crippen LogP contribution in [-0.4, -0.2) is 62.6 Å². The van der Waals surface area contributed by atoms with Crippen LogP contribution in [0.2, 0.25) is 0 Å². The Morgan fingerprint density at radius 1 is 1.23 bits per heavy atom. The summed E-state index contributed by atoms with van der Waals surface area (Å²) in [6, 6.07) is 6.46. The summed E-state index contributed by atoms with van der Waals surface area (Å²) in [5.74, 6) is 0.639. The average Bonchev–Trinajstić information content (AvgIpc) is 2.55. The first kappa shape index (κ1) is 17.0. The molecule has 0 atom stereocenters. The molecule has 1 saturated heterocycles. The molecule has 0 aromatic heterocycles. The summed E-state index contributed by atoms with van der Waals surface area (Å²) in [6.45, 7) is 4.81. The van der Waals surface area contributed by atoms with Gasteiger partial charge in [-0.1, -0.05) is 0 Å². The molecule has 1 aliphatic heterocycles. The number of sulfonamides is 1. The van der Waals surface area contributed by atoms with Crippen LogP contribution in [0.1, 0.15) is 6.92 Å². The second kappa shape index (κ2) is 7.26. The van der Waals surface area contributed by atoms with Crippen molar-refractivity contribution in [3.05, 3.63) is 24.3 Å². The van der Waals surface area contributed by atoms with Gasteiger partial charge in [-0.3, -0.25) is 0 Å². The third-order valence-electron chi connectivity index (χ3n) is 3.55. The molecule has 8 heteroatoms. The Hall–Kier alpha value is -1.38. The number of hydrogen-bond acceptors (Lipinski definition) is 4. The van der Waals surface area contributed by atoms with Crippen LogP contribution in [0.4, 0.5) is 0 Å². The number of piperazine rings is 1. The lowest BCUT2D eigenvalue weighted by Crippen LogP contribution is -2.52. The molecule has 1 aliphatic rings. The maximum Gasteiger partial charge on any atom is 0.243 e. The summed E-state index contributed by atoms with van der Waals surface area (Å²) in [5, 5.41) is 3.77. The zero-order valence-electron chi connectivity index (χ0n) is 12.8. The summed E-state index contributed by atoms with van der Waals surface area (Å²) in [4.78, 5) is 2.29. The molecule has 6 nitrogen and oxygen atoms in total. The van der Waals surface area contributed by atoms with E-state index in [9.17, 15) is 8.42 Å². The van der Waals surface area contributed by atoms with Crippen molar-refractivity contribution in [3.8, 4) is 5.75 Å². The second-order valence-corrected chi connectivity index (χ2v) is 7.23. The molecule has 0 unspecified atom stereocenters. The highest BCUT2D eigenvalue weighted by Gasteiger charge is 2.29. The minimum Gasteiger partial charge on any atom is -0.497 e. The van der Waals surface area contributed by atoms with Gasteiger partial charge in [0.25, 0.3) is 0 Å². The van der Waals surface area contributed by atoms with E-state index in [1.165, 1.54) is 4.31 Å². The quantitative estimate of drug-likeness (QED) is 0.820. The van der Waals surface area contributed by atoms with Gasteiger partial charge in [0, 0.05) is 32.7 Å². The summed E-state index contributed by atoms with van der Waals surface area (Å²) in [6.07, 6.45) is 0. The van der Waals surface area contributed by atoms with Crippen LogP contribution in [0.15, 0.2) is 29.2 Å². The molecule has 0 amide bonds. The lowest BCUT2D eigenvalue weighted by atomic mass is 10.3. The summed E-state index contributed by atoms with van der Waals surface area (Å²) in [5.41, 5.74) is 0. The van der Waals surface area contributed by atoms with Gasteiger partial charge in [-0.25, -0.2) is 8.42 Å². The van der Waals surface area contributed by atoms with Crippen molar-refractivity contribution >= 4 is 27.4 Å². The van der Waals surface area contributed by atoms with Crippen LogP contribution in [0.5, 0.6) is 5.75 Å². The van der Waals surface area contributed by atoms with Crippen molar-refractivity contribution < 1.29 is 13.2 Å². The first-order chi connectivity index (χ1) is 10.5. The largest absolute Gasteiger partial charge is 0.497 e. The predicted octanol–water partition coefficient (Wildman–Crippen LogP) is 0.896. The summed E-state index contributed by atoms with van der Waals surface area (Å²) in [7, 11) is -1.91. The lowest BCUT2D eigenvalue weighted by Gasteiger charge is -2.35. The Bertz CT molecular complexity index is 609. The third kappa shape index (κ3) is 3.68. The van der Waals surface area contributed by atoms with E-state index in [2.05, 4.69) is 5.32 Å². The van der Waals surface area contributed by atoms with E-state index in [1.54, 1.807) is 31.4 Å². The maximum atomic E-state index is 12.6. The Morgan fingerprint density at radius 2 is 1.82 bits per heavy atom. The molecule has 22 heavy (non-hydrogen) atoms. The average molecular weight is 343 g/mol. The monoisotopic (exact) mass is 343 g/mol. The van der Waals surface area contributed by atoms with E-state index in [1.807, 2.05) is 11.8 Å². The molecule has 1 N–H and O–H groups in total. The molecule has 1 fully saturated rings. The zero-order chi connectivity index (χ0) is 16.2. The highest BCUT2D eigenvalue weighted by Crippen LogP contribution is 2.20. The fraction of sp³-hybridized carbons (Fsp3) is 0.500. The third-order valence-corrected chi connectivity index (χ3v) is 5.87. The molecule has 0 saturated carbocycles. The molecule has 2 rings (SSSR count). The van der Waals surface area contributed by atoms with Crippen LogP contribution in [0, 0.1) is 0 Å². The highest BCUT2D eigenvalue weighted by atomic mass is 32.2. The van der Waals surface area contributed by atoms with E-state index in [0.29, 0.717) is 37.0 Å². The van der Waals surface area contributed by atoms with Crippen molar-refractivity contribution in [2.75, 3.05) is 39.8 Å². The molecular formula is C14H21N3O3S2. The SMILES string of the molecule is CCNC(=S)N1CCN(S(=O)(=O)c2ccc(OC)cc2)CC1. The number of hydrogen-bond donors (Lipinski definition) is 1. The molecule has 0 bridgehead atoms. The Kier molecular flexibility index (Phi) is 5.60. The molecule has 0 radical (unpaired) electrons. The topological polar surface area (TPSA) is 61.9 Å². The lowest BCUT2D eigenvalue weighted by molar-refractivity contribution is 0.264. The first-order valence-corrected chi connectivity index (χ1v) is 9.01. The van der Waals surface area contributed by atoms with E-state index in [-0.39, 0.29) is 4.90 Å². The second-order valence-electron chi connectivity index (χ2n) is 4.90. The number of benzene rings is 1. The number of thiocarbonyl (C=S) groups is 1. The molecule has 1 heterocycles. The van der Waals surface area contributed by atoms with E-state index >= 15 is 0 Å². The van der Waals surface area contributed by atoms with Gasteiger partial charge in [0.2, 0.25) is 10.0 Å². The fourth-order valence-corrected chi connectivity index (χ4v) is 4.04. The van der Waals surface area contributed by atoms with Crippen molar-refractivity contribution in [3.63, 3.8) is 0 Å². The number of methoxy groups -OCH3 is 1. The molecule has 0 spiro atoms. The van der Waals surface area contributed by atoms with Crippen LogP contribution in [-0.2, 0) is 10.0 Å². The first-order valence-electron chi connectivity index (χ1n) is 7.16. The molecule has 1 aromatic carbocycles. The maximum absolute atomic E-state index is 12.6. The van der Waals surface area contributed by atoms with Gasteiger partial charge in [0.15, 0.2) is 5.11 Å². The Morgan fingerprint density at radius 3 is 2.32 bits per heavy atom. The normalized spacial score (nSPS) is 16.4. The van der Waals surface area contributed by atoms with Crippen LogP contribution in [0.3, 0.4) is 0 Å². The van der Waals surface area contributed by atoms with Crippen molar-refractivity contribution in [1.29, 1.82) is 0 Å². The molecule has 122 valence electrons. The Balaban J connectivity index is 2.04. The molecule has 1 aromatic rings.